The van der Waals surface area contributed by atoms with Crippen molar-refractivity contribution in [3.05, 3.63) is 89.0 Å². The predicted molar refractivity (Wildman–Crippen MR) is 109 cm³/mol. The quantitative estimate of drug-likeness (QED) is 0.647. The molecular weight excluding hydrogens is 393 g/mol. The number of halogens is 1. The number of aromatic nitrogens is 1. The fourth-order valence-corrected chi connectivity index (χ4v) is 3.71. The van der Waals surface area contributed by atoms with Crippen LogP contribution in [0.2, 0.25) is 0 Å². The van der Waals surface area contributed by atoms with Gasteiger partial charge in [0.05, 0.1) is 17.1 Å². The summed E-state index contributed by atoms with van der Waals surface area (Å²) in [7, 11) is -3.99. The van der Waals surface area contributed by atoms with Crippen molar-refractivity contribution < 1.29 is 17.6 Å². The Hall–Kier alpha value is -3.26. The van der Waals surface area contributed by atoms with Crippen LogP contribution in [0.5, 0.6) is 0 Å². The normalized spacial score (nSPS) is 11.1. The van der Waals surface area contributed by atoms with Crippen molar-refractivity contribution >= 4 is 21.6 Å². The van der Waals surface area contributed by atoms with Gasteiger partial charge in [-0.2, -0.15) is 0 Å². The Balaban J connectivity index is 1.74. The highest BCUT2D eigenvalue weighted by Gasteiger charge is 2.17. The van der Waals surface area contributed by atoms with Crippen LogP contribution in [0.25, 0.3) is 0 Å². The van der Waals surface area contributed by atoms with E-state index in [1.165, 1.54) is 24.3 Å². The van der Waals surface area contributed by atoms with E-state index >= 15 is 0 Å². The van der Waals surface area contributed by atoms with Crippen LogP contribution in [0.1, 0.15) is 27.2 Å². The van der Waals surface area contributed by atoms with Crippen LogP contribution in [0.4, 0.5) is 10.1 Å². The highest BCUT2D eigenvalue weighted by Crippen LogP contribution is 2.19. The standard InChI is InChI=1S/C21H20FN3O3S/c1-14-8-9-18(12-19(14)22)29(27,28)25-17-7-3-6-16(11-17)21(26)24-13-20-15(2)5-4-10-23-20/h3-12,25H,13H2,1-2H3,(H,24,26). The Kier molecular flexibility index (Phi) is 5.93. The molecule has 0 radical (unpaired) electrons. The van der Waals surface area contributed by atoms with E-state index in [0.717, 1.165) is 17.3 Å². The molecule has 0 bridgehead atoms. The summed E-state index contributed by atoms with van der Waals surface area (Å²) in [4.78, 5) is 16.5. The molecule has 6 nitrogen and oxygen atoms in total. The largest absolute Gasteiger partial charge is 0.346 e. The molecule has 3 rings (SSSR count). The third-order valence-electron chi connectivity index (χ3n) is 4.36. The van der Waals surface area contributed by atoms with Crippen LogP contribution < -0.4 is 10.0 Å². The highest BCUT2D eigenvalue weighted by atomic mass is 32.2. The number of carbonyl (C=O) groups excluding carboxylic acids is 1. The molecule has 0 aliphatic heterocycles. The van der Waals surface area contributed by atoms with Gasteiger partial charge in [-0.05, 0) is 61.4 Å². The molecule has 0 saturated carbocycles. The fourth-order valence-electron chi connectivity index (χ4n) is 2.65. The molecule has 29 heavy (non-hydrogen) atoms. The van der Waals surface area contributed by atoms with Gasteiger partial charge in [-0.15, -0.1) is 0 Å². The molecule has 0 fully saturated rings. The van der Waals surface area contributed by atoms with E-state index in [4.69, 9.17) is 0 Å². The SMILES string of the molecule is Cc1ccc(S(=O)(=O)Nc2cccc(C(=O)NCc3ncccc3C)c2)cc1F. The molecule has 150 valence electrons. The molecule has 0 saturated heterocycles. The average Bonchev–Trinajstić information content (AvgIpc) is 2.69. The summed E-state index contributed by atoms with van der Waals surface area (Å²) in [6, 6.07) is 13.5. The lowest BCUT2D eigenvalue weighted by atomic mass is 10.2. The van der Waals surface area contributed by atoms with Gasteiger partial charge in [0.25, 0.3) is 15.9 Å². The van der Waals surface area contributed by atoms with Crippen LogP contribution in [0, 0.1) is 19.7 Å². The molecule has 1 aromatic heterocycles. The Bertz CT molecular complexity index is 1160. The number of aryl methyl sites for hydroxylation is 2. The predicted octanol–water partition coefficient (Wildman–Crippen LogP) is 3.57. The topological polar surface area (TPSA) is 88.2 Å². The Morgan fingerprint density at radius 3 is 2.55 bits per heavy atom. The Labute approximate surface area is 168 Å². The molecule has 0 aliphatic rings. The van der Waals surface area contributed by atoms with Crippen LogP contribution in [0.15, 0.2) is 65.7 Å². The number of anilines is 1. The molecule has 0 aliphatic carbocycles. The van der Waals surface area contributed by atoms with E-state index < -0.39 is 15.8 Å². The third-order valence-corrected chi connectivity index (χ3v) is 5.74. The second kappa shape index (κ2) is 8.40. The van der Waals surface area contributed by atoms with E-state index in [2.05, 4.69) is 15.0 Å². The molecule has 0 atom stereocenters. The molecule has 1 heterocycles. The second-order valence-corrected chi connectivity index (χ2v) is 8.23. The summed E-state index contributed by atoms with van der Waals surface area (Å²) >= 11 is 0. The first-order chi connectivity index (χ1) is 13.8. The van der Waals surface area contributed by atoms with Crippen molar-refractivity contribution in [2.45, 2.75) is 25.3 Å². The molecule has 1 amide bonds. The van der Waals surface area contributed by atoms with Crippen LogP contribution in [0.3, 0.4) is 0 Å². The maximum atomic E-state index is 13.7. The first-order valence-electron chi connectivity index (χ1n) is 8.84. The van der Waals surface area contributed by atoms with Gasteiger partial charge in [-0.3, -0.25) is 14.5 Å². The van der Waals surface area contributed by atoms with Gasteiger partial charge in [-0.1, -0.05) is 18.2 Å². The fraction of sp³-hybridized carbons (Fsp3) is 0.143. The smallest absolute Gasteiger partial charge is 0.261 e. The molecular formula is C21H20FN3O3S. The lowest BCUT2D eigenvalue weighted by Gasteiger charge is -2.11. The monoisotopic (exact) mass is 413 g/mol. The van der Waals surface area contributed by atoms with Gasteiger partial charge < -0.3 is 5.32 Å². The number of hydrogen-bond donors (Lipinski definition) is 2. The van der Waals surface area contributed by atoms with Crippen molar-refractivity contribution in [2.75, 3.05) is 4.72 Å². The van der Waals surface area contributed by atoms with E-state index in [1.807, 2.05) is 19.1 Å². The van der Waals surface area contributed by atoms with Crippen molar-refractivity contribution in [3.8, 4) is 0 Å². The van der Waals surface area contributed by atoms with Gasteiger partial charge in [0, 0.05) is 17.4 Å². The van der Waals surface area contributed by atoms with E-state index in [9.17, 15) is 17.6 Å². The zero-order chi connectivity index (χ0) is 21.0. The van der Waals surface area contributed by atoms with Gasteiger partial charge in [-0.25, -0.2) is 12.8 Å². The number of amides is 1. The molecule has 2 N–H and O–H groups in total. The third kappa shape index (κ3) is 4.97. The summed E-state index contributed by atoms with van der Waals surface area (Å²) in [6.45, 7) is 3.70. The Morgan fingerprint density at radius 1 is 1.03 bits per heavy atom. The van der Waals surface area contributed by atoms with E-state index in [0.29, 0.717) is 5.56 Å². The number of hydrogen-bond acceptors (Lipinski definition) is 4. The zero-order valence-electron chi connectivity index (χ0n) is 15.9. The van der Waals surface area contributed by atoms with Crippen LogP contribution in [-0.4, -0.2) is 19.3 Å². The van der Waals surface area contributed by atoms with Crippen molar-refractivity contribution in [1.82, 2.24) is 10.3 Å². The summed E-state index contributed by atoms with van der Waals surface area (Å²) in [5.41, 5.74) is 2.55. The van der Waals surface area contributed by atoms with Crippen molar-refractivity contribution in [1.29, 1.82) is 0 Å². The first-order valence-corrected chi connectivity index (χ1v) is 10.3. The van der Waals surface area contributed by atoms with Crippen molar-refractivity contribution in [3.63, 3.8) is 0 Å². The number of benzene rings is 2. The minimum atomic E-state index is -3.99. The Morgan fingerprint density at radius 2 is 1.83 bits per heavy atom. The number of nitrogens with zero attached hydrogens (tertiary/aromatic N) is 1. The van der Waals surface area contributed by atoms with E-state index in [-0.39, 0.29) is 28.6 Å². The van der Waals surface area contributed by atoms with Gasteiger partial charge in [0.2, 0.25) is 0 Å². The summed E-state index contributed by atoms with van der Waals surface area (Å²) in [6.07, 6.45) is 1.65. The maximum absolute atomic E-state index is 13.7. The first kappa shape index (κ1) is 20.5. The minimum Gasteiger partial charge on any atom is -0.346 e. The molecule has 8 heteroatoms. The molecule has 0 unspecified atom stereocenters. The number of rotatable bonds is 6. The average molecular weight is 413 g/mol. The second-order valence-electron chi connectivity index (χ2n) is 6.55. The van der Waals surface area contributed by atoms with Crippen LogP contribution in [-0.2, 0) is 16.6 Å². The lowest BCUT2D eigenvalue weighted by molar-refractivity contribution is 0.0950. The minimum absolute atomic E-state index is 0.193. The number of nitrogens with one attached hydrogen (secondary N) is 2. The summed E-state index contributed by atoms with van der Waals surface area (Å²) < 4.78 is 41.1. The maximum Gasteiger partial charge on any atom is 0.261 e. The number of pyridine rings is 1. The lowest BCUT2D eigenvalue weighted by Crippen LogP contribution is -2.24. The van der Waals surface area contributed by atoms with E-state index in [1.54, 1.807) is 25.3 Å². The summed E-state index contributed by atoms with van der Waals surface area (Å²) in [5.74, 6) is -0.969. The number of sulfonamides is 1. The highest BCUT2D eigenvalue weighted by molar-refractivity contribution is 7.92. The molecule has 3 aromatic rings. The molecule has 2 aromatic carbocycles. The van der Waals surface area contributed by atoms with Gasteiger partial charge in [0.15, 0.2) is 0 Å². The van der Waals surface area contributed by atoms with Gasteiger partial charge in [0.1, 0.15) is 5.82 Å². The number of carbonyl (C=O) groups is 1. The van der Waals surface area contributed by atoms with Crippen molar-refractivity contribution in [2.24, 2.45) is 0 Å². The summed E-state index contributed by atoms with van der Waals surface area (Å²) in [5, 5.41) is 2.76. The van der Waals surface area contributed by atoms with Crippen LogP contribution >= 0.6 is 0 Å². The molecule has 0 spiro atoms. The zero-order valence-corrected chi connectivity index (χ0v) is 16.8. The van der Waals surface area contributed by atoms with Gasteiger partial charge >= 0.3 is 0 Å².